The van der Waals surface area contributed by atoms with Crippen molar-refractivity contribution in [1.82, 2.24) is 5.32 Å². The van der Waals surface area contributed by atoms with Gasteiger partial charge in [-0.05, 0) is 61.6 Å². The van der Waals surface area contributed by atoms with Crippen LogP contribution in [-0.4, -0.2) is 38.1 Å². The van der Waals surface area contributed by atoms with Gasteiger partial charge in [-0.15, -0.1) is 0 Å². The van der Waals surface area contributed by atoms with E-state index in [4.69, 9.17) is 0 Å². The summed E-state index contributed by atoms with van der Waals surface area (Å²) in [6.45, 7) is 5.60. The van der Waals surface area contributed by atoms with E-state index in [-0.39, 0.29) is 11.7 Å². The normalized spacial score (nSPS) is 20.8. The van der Waals surface area contributed by atoms with Crippen LogP contribution in [0, 0.1) is 18.7 Å². The Bertz CT molecular complexity index is 818. The lowest BCUT2D eigenvalue weighted by Gasteiger charge is -2.35. The average molecular weight is 381 g/mol. The summed E-state index contributed by atoms with van der Waals surface area (Å²) in [4.78, 5) is 16.6. The van der Waals surface area contributed by atoms with Crippen LogP contribution in [-0.2, 0) is 4.79 Å². The van der Waals surface area contributed by atoms with Gasteiger partial charge in [0.2, 0.25) is 5.91 Å². The highest BCUT2D eigenvalue weighted by Gasteiger charge is 2.31. The molecule has 0 bridgehead atoms. The first-order valence-electron chi connectivity index (χ1n) is 10.2. The van der Waals surface area contributed by atoms with Crippen molar-refractivity contribution >= 4 is 17.3 Å². The summed E-state index contributed by atoms with van der Waals surface area (Å²) in [5.41, 5.74) is 3.13. The molecule has 0 spiro atoms. The van der Waals surface area contributed by atoms with E-state index in [1.165, 1.54) is 0 Å². The zero-order valence-electron chi connectivity index (χ0n) is 16.4. The second-order valence-corrected chi connectivity index (χ2v) is 8.01. The number of nitrogens with one attached hydrogen (secondary N) is 1. The third kappa shape index (κ3) is 4.20. The number of hydrogen-bond acceptors (Lipinski definition) is 3. The Labute approximate surface area is 166 Å². The van der Waals surface area contributed by atoms with Crippen molar-refractivity contribution in [2.45, 2.75) is 32.2 Å². The number of carbonyl (C=O) groups is 1. The fourth-order valence-electron chi connectivity index (χ4n) is 4.41. The van der Waals surface area contributed by atoms with Crippen LogP contribution in [0.4, 0.5) is 15.8 Å². The molecule has 0 radical (unpaired) electrons. The molecule has 1 atom stereocenters. The van der Waals surface area contributed by atoms with Crippen molar-refractivity contribution in [1.29, 1.82) is 0 Å². The van der Waals surface area contributed by atoms with E-state index in [0.29, 0.717) is 18.4 Å². The van der Waals surface area contributed by atoms with Gasteiger partial charge in [-0.3, -0.25) is 4.79 Å². The van der Waals surface area contributed by atoms with E-state index in [0.717, 1.165) is 56.0 Å². The van der Waals surface area contributed by atoms with E-state index in [1.54, 1.807) is 12.1 Å². The molecule has 4 rings (SSSR count). The number of amides is 1. The molecule has 2 heterocycles. The summed E-state index contributed by atoms with van der Waals surface area (Å²) < 4.78 is 13.3. The van der Waals surface area contributed by atoms with E-state index in [2.05, 4.69) is 10.2 Å². The maximum Gasteiger partial charge on any atom is 0.227 e. The number of nitrogens with zero attached hydrogens (tertiary/aromatic N) is 2. The Hall–Kier alpha value is -2.40. The van der Waals surface area contributed by atoms with Crippen LogP contribution in [0.15, 0.2) is 48.5 Å². The number of halogens is 1. The molecule has 0 aromatic heterocycles. The summed E-state index contributed by atoms with van der Waals surface area (Å²) in [5.74, 6) is 0.415. The fraction of sp³-hybridized carbons (Fsp3) is 0.435. The number of anilines is 2. The fourth-order valence-corrected chi connectivity index (χ4v) is 4.41. The first-order valence-corrected chi connectivity index (χ1v) is 10.2. The molecule has 0 saturated carbocycles. The Balaban J connectivity index is 1.25. The number of piperidine rings is 1. The van der Waals surface area contributed by atoms with Crippen LogP contribution >= 0.6 is 0 Å². The van der Waals surface area contributed by atoms with Crippen molar-refractivity contribution in [2.75, 3.05) is 36.0 Å². The van der Waals surface area contributed by atoms with Crippen LogP contribution in [0.1, 0.15) is 24.8 Å². The van der Waals surface area contributed by atoms with Crippen molar-refractivity contribution in [3.63, 3.8) is 0 Å². The number of para-hydroxylation sites is 1. The van der Waals surface area contributed by atoms with Crippen molar-refractivity contribution in [3.8, 4) is 0 Å². The maximum atomic E-state index is 13.3. The molecule has 148 valence electrons. The lowest BCUT2D eigenvalue weighted by Crippen LogP contribution is -2.44. The number of hydrogen-bond donors (Lipinski definition) is 1. The van der Waals surface area contributed by atoms with Gasteiger partial charge in [-0.1, -0.05) is 18.2 Å². The summed E-state index contributed by atoms with van der Waals surface area (Å²) in [6, 6.07) is 15.5. The third-order valence-corrected chi connectivity index (χ3v) is 5.96. The molecule has 2 saturated heterocycles. The van der Waals surface area contributed by atoms with Gasteiger partial charge in [0.25, 0.3) is 0 Å². The first kappa shape index (κ1) is 18.9. The predicted octanol–water partition coefficient (Wildman–Crippen LogP) is 3.75. The summed E-state index contributed by atoms with van der Waals surface area (Å²) in [5, 5.41) is 3.69. The Kier molecular flexibility index (Phi) is 5.62. The molecular formula is C23H28FN3O. The zero-order valence-corrected chi connectivity index (χ0v) is 16.4. The molecule has 4 nitrogen and oxygen atoms in total. The first-order chi connectivity index (χ1) is 13.6. The Morgan fingerprint density at radius 2 is 1.86 bits per heavy atom. The lowest BCUT2D eigenvalue weighted by molar-refractivity contribution is -0.117. The van der Waals surface area contributed by atoms with E-state index >= 15 is 0 Å². The predicted molar refractivity (Wildman–Crippen MR) is 111 cm³/mol. The molecule has 1 N–H and O–H groups in total. The minimum atomic E-state index is -0.173. The quantitative estimate of drug-likeness (QED) is 0.857. The van der Waals surface area contributed by atoms with Gasteiger partial charge < -0.3 is 15.1 Å². The number of benzene rings is 2. The number of rotatable bonds is 5. The molecule has 2 aliphatic rings. The molecule has 2 fully saturated rings. The van der Waals surface area contributed by atoms with Crippen LogP contribution in [0.5, 0.6) is 0 Å². The molecule has 1 unspecified atom stereocenters. The van der Waals surface area contributed by atoms with Gasteiger partial charge >= 0.3 is 0 Å². The second kappa shape index (κ2) is 8.31. The minimum Gasteiger partial charge on any atom is -0.371 e. The van der Waals surface area contributed by atoms with Crippen molar-refractivity contribution in [2.24, 2.45) is 5.92 Å². The molecular weight excluding hydrogens is 353 g/mol. The van der Waals surface area contributed by atoms with Crippen LogP contribution < -0.4 is 15.1 Å². The minimum absolute atomic E-state index is 0.173. The van der Waals surface area contributed by atoms with E-state index in [9.17, 15) is 9.18 Å². The molecule has 1 amide bonds. The van der Waals surface area contributed by atoms with Crippen LogP contribution in [0.2, 0.25) is 0 Å². The average Bonchev–Trinajstić information content (AvgIpc) is 3.08. The number of aryl methyl sites for hydroxylation is 1. The van der Waals surface area contributed by atoms with Gasteiger partial charge in [0.15, 0.2) is 0 Å². The van der Waals surface area contributed by atoms with Gasteiger partial charge in [-0.25, -0.2) is 4.39 Å². The highest BCUT2D eigenvalue weighted by Crippen LogP contribution is 2.26. The molecule has 2 aliphatic heterocycles. The summed E-state index contributed by atoms with van der Waals surface area (Å²) >= 11 is 0. The monoisotopic (exact) mass is 381 g/mol. The lowest BCUT2D eigenvalue weighted by atomic mass is 10.0. The Morgan fingerprint density at radius 1 is 1.11 bits per heavy atom. The standard InChI is InChI=1S/C23H28FN3O/c1-17-13-19(24)7-8-22(17)26-11-9-20(10-12-26)25-15-18-14-23(28)27(16-18)21-5-3-2-4-6-21/h2-8,13,18,20,25H,9-12,14-16H2,1H3. The molecule has 5 heteroatoms. The molecule has 0 aliphatic carbocycles. The van der Waals surface area contributed by atoms with Crippen molar-refractivity contribution in [3.05, 3.63) is 59.9 Å². The smallest absolute Gasteiger partial charge is 0.227 e. The summed E-state index contributed by atoms with van der Waals surface area (Å²) in [7, 11) is 0. The van der Waals surface area contributed by atoms with Crippen LogP contribution in [0.25, 0.3) is 0 Å². The highest BCUT2D eigenvalue weighted by atomic mass is 19.1. The highest BCUT2D eigenvalue weighted by molar-refractivity contribution is 5.95. The van der Waals surface area contributed by atoms with Gasteiger partial charge in [-0.2, -0.15) is 0 Å². The van der Waals surface area contributed by atoms with E-state index < -0.39 is 0 Å². The van der Waals surface area contributed by atoms with E-state index in [1.807, 2.05) is 48.2 Å². The van der Waals surface area contributed by atoms with Gasteiger partial charge in [0.05, 0.1) is 0 Å². The maximum absolute atomic E-state index is 13.3. The summed E-state index contributed by atoms with van der Waals surface area (Å²) in [6.07, 6.45) is 2.76. The third-order valence-electron chi connectivity index (χ3n) is 5.96. The second-order valence-electron chi connectivity index (χ2n) is 8.01. The van der Waals surface area contributed by atoms with Gasteiger partial charge in [0, 0.05) is 50.0 Å². The SMILES string of the molecule is Cc1cc(F)ccc1N1CCC(NCC2CC(=O)N(c3ccccc3)C2)CC1. The molecule has 2 aromatic carbocycles. The largest absolute Gasteiger partial charge is 0.371 e. The van der Waals surface area contributed by atoms with Crippen molar-refractivity contribution < 1.29 is 9.18 Å². The molecule has 28 heavy (non-hydrogen) atoms. The topological polar surface area (TPSA) is 35.6 Å². The molecule has 2 aromatic rings. The zero-order chi connectivity index (χ0) is 19.5. The van der Waals surface area contributed by atoms with Gasteiger partial charge in [0.1, 0.15) is 5.82 Å². The Morgan fingerprint density at radius 3 is 2.57 bits per heavy atom. The van der Waals surface area contributed by atoms with Crippen LogP contribution in [0.3, 0.4) is 0 Å². The number of carbonyl (C=O) groups excluding carboxylic acids is 1.